The second kappa shape index (κ2) is 8.09. The Morgan fingerprint density at radius 2 is 1.88 bits per heavy atom. The molecule has 3 N–H and O–H groups in total. The number of amides is 1. The van der Waals surface area contributed by atoms with E-state index in [2.05, 4.69) is 5.32 Å². The molecule has 0 bridgehead atoms. The van der Waals surface area contributed by atoms with Crippen molar-refractivity contribution >= 4 is 23.3 Å². The minimum absolute atomic E-state index is 0.0111. The topological polar surface area (TPSA) is 104 Å². The molecule has 134 valence electrons. The SMILES string of the molecule is COC(=O)CN(CCn1c(O)ccc1O)c1cccc(NC(C)=O)c1. The molecular weight excluding hydrogens is 326 g/mol. The number of methoxy groups -OCH3 is 1. The second-order valence-electron chi connectivity index (χ2n) is 5.43. The molecule has 0 saturated carbocycles. The van der Waals surface area contributed by atoms with E-state index >= 15 is 0 Å². The predicted octanol–water partition coefficient (Wildman–Crippen LogP) is 1.54. The number of aromatic nitrogens is 1. The van der Waals surface area contributed by atoms with E-state index in [9.17, 15) is 19.8 Å². The number of aromatic hydroxyl groups is 2. The number of carbonyl (C=O) groups excluding carboxylic acids is 2. The fourth-order valence-corrected chi connectivity index (χ4v) is 2.40. The van der Waals surface area contributed by atoms with Gasteiger partial charge in [-0.15, -0.1) is 0 Å². The first-order valence-electron chi connectivity index (χ1n) is 7.67. The first kappa shape index (κ1) is 18.2. The van der Waals surface area contributed by atoms with Crippen molar-refractivity contribution in [2.75, 3.05) is 30.4 Å². The molecule has 0 unspecified atom stereocenters. The van der Waals surface area contributed by atoms with E-state index in [0.717, 1.165) is 0 Å². The van der Waals surface area contributed by atoms with E-state index in [-0.39, 0.29) is 30.8 Å². The third-order valence-electron chi connectivity index (χ3n) is 3.61. The molecule has 2 rings (SSSR count). The number of esters is 1. The van der Waals surface area contributed by atoms with Gasteiger partial charge in [-0.1, -0.05) is 6.07 Å². The van der Waals surface area contributed by atoms with E-state index in [1.54, 1.807) is 29.2 Å². The fraction of sp³-hybridized carbons (Fsp3) is 0.294. The summed E-state index contributed by atoms with van der Waals surface area (Å²) in [6.07, 6.45) is 0. The number of hydrogen-bond donors (Lipinski definition) is 3. The minimum Gasteiger partial charge on any atom is -0.494 e. The lowest BCUT2D eigenvalue weighted by Crippen LogP contribution is -2.33. The highest BCUT2D eigenvalue weighted by Crippen LogP contribution is 2.23. The Morgan fingerprint density at radius 1 is 1.20 bits per heavy atom. The number of rotatable bonds is 7. The van der Waals surface area contributed by atoms with Gasteiger partial charge < -0.3 is 25.2 Å². The highest BCUT2D eigenvalue weighted by atomic mass is 16.5. The summed E-state index contributed by atoms with van der Waals surface area (Å²) in [6, 6.07) is 9.80. The van der Waals surface area contributed by atoms with Crippen molar-refractivity contribution in [2.24, 2.45) is 0 Å². The quantitative estimate of drug-likeness (QED) is 0.656. The molecule has 1 amide bonds. The maximum Gasteiger partial charge on any atom is 0.325 e. The van der Waals surface area contributed by atoms with Crippen molar-refractivity contribution in [2.45, 2.75) is 13.5 Å². The van der Waals surface area contributed by atoms with Gasteiger partial charge in [0.1, 0.15) is 6.54 Å². The molecule has 0 spiro atoms. The van der Waals surface area contributed by atoms with Crippen molar-refractivity contribution in [3.05, 3.63) is 36.4 Å². The maximum atomic E-state index is 11.7. The Labute approximate surface area is 145 Å². The van der Waals surface area contributed by atoms with Gasteiger partial charge in [-0.05, 0) is 18.2 Å². The zero-order valence-corrected chi connectivity index (χ0v) is 14.1. The summed E-state index contributed by atoms with van der Waals surface area (Å²) in [4.78, 5) is 24.7. The van der Waals surface area contributed by atoms with Crippen LogP contribution in [0.1, 0.15) is 6.92 Å². The molecule has 0 fully saturated rings. The third-order valence-corrected chi connectivity index (χ3v) is 3.61. The molecular formula is C17H21N3O5. The largest absolute Gasteiger partial charge is 0.494 e. The standard InChI is InChI=1S/C17H21N3O5/c1-12(21)18-13-4-3-5-14(10-13)19(11-17(24)25-2)8-9-20-15(22)6-7-16(20)23/h3-7,10,22-23H,8-9,11H2,1-2H3,(H,18,21). The van der Waals surface area contributed by atoms with Crippen molar-refractivity contribution in [1.29, 1.82) is 0 Å². The number of anilines is 2. The highest BCUT2D eigenvalue weighted by Gasteiger charge is 2.14. The average molecular weight is 347 g/mol. The molecule has 8 nitrogen and oxygen atoms in total. The first-order valence-corrected chi connectivity index (χ1v) is 7.67. The summed E-state index contributed by atoms with van der Waals surface area (Å²) in [5.41, 5.74) is 1.30. The van der Waals surface area contributed by atoms with E-state index < -0.39 is 5.97 Å². The summed E-state index contributed by atoms with van der Waals surface area (Å²) in [5, 5.41) is 22.2. The molecule has 8 heteroatoms. The summed E-state index contributed by atoms with van der Waals surface area (Å²) in [5.74, 6) is -0.755. The molecule has 0 aliphatic heterocycles. The molecule has 2 aromatic rings. The van der Waals surface area contributed by atoms with E-state index in [1.807, 2.05) is 0 Å². The van der Waals surface area contributed by atoms with Crippen molar-refractivity contribution in [3.63, 3.8) is 0 Å². The van der Waals surface area contributed by atoms with Gasteiger partial charge in [-0.3, -0.25) is 14.2 Å². The van der Waals surface area contributed by atoms with Gasteiger partial charge in [-0.25, -0.2) is 0 Å². The molecule has 1 heterocycles. The van der Waals surface area contributed by atoms with Crippen LogP contribution in [0.25, 0.3) is 0 Å². The van der Waals surface area contributed by atoms with Crippen LogP contribution in [0.5, 0.6) is 11.8 Å². The Bertz CT molecular complexity index is 737. The van der Waals surface area contributed by atoms with E-state index in [4.69, 9.17) is 4.74 Å². The molecule has 0 atom stereocenters. The number of carbonyl (C=O) groups is 2. The van der Waals surface area contributed by atoms with Gasteiger partial charge >= 0.3 is 5.97 Å². The van der Waals surface area contributed by atoms with Crippen LogP contribution in [-0.2, 0) is 20.9 Å². The zero-order valence-electron chi connectivity index (χ0n) is 14.1. The molecule has 1 aromatic heterocycles. The highest BCUT2D eigenvalue weighted by molar-refractivity contribution is 5.89. The van der Waals surface area contributed by atoms with Crippen LogP contribution in [0.2, 0.25) is 0 Å². The Balaban J connectivity index is 2.20. The van der Waals surface area contributed by atoms with Gasteiger partial charge in [0, 0.05) is 43.5 Å². The monoisotopic (exact) mass is 347 g/mol. The minimum atomic E-state index is -0.425. The number of benzene rings is 1. The second-order valence-corrected chi connectivity index (χ2v) is 5.43. The predicted molar refractivity (Wildman–Crippen MR) is 92.7 cm³/mol. The van der Waals surface area contributed by atoms with Crippen molar-refractivity contribution in [1.82, 2.24) is 4.57 Å². The Morgan fingerprint density at radius 3 is 2.48 bits per heavy atom. The molecule has 0 aliphatic rings. The summed E-state index contributed by atoms with van der Waals surface area (Å²) >= 11 is 0. The summed E-state index contributed by atoms with van der Waals surface area (Å²) in [7, 11) is 1.30. The van der Waals surface area contributed by atoms with Crippen LogP contribution in [-0.4, -0.2) is 46.9 Å². The fourth-order valence-electron chi connectivity index (χ4n) is 2.40. The van der Waals surface area contributed by atoms with Gasteiger partial charge in [-0.2, -0.15) is 0 Å². The summed E-state index contributed by atoms with van der Waals surface area (Å²) in [6.45, 7) is 1.99. The molecule has 0 saturated heterocycles. The van der Waals surface area contributed by atoms with Crippen LogP contribution in [0.3, 0.4) is 0 Å². The molecule has 25 heavy (non-hydrogen) atoms. The number of nitrogens with one attached hydrogen (secondary N) is 1. The average Bonchev–Trinajstić information content (AvgIpc) is 2.89. The van der Waals surface area contributed by atoms with Gasteiger partial charge in [0.2, 0.25) is 5.91 Å². The van der Waals surface area contributed by atoms with Crippen molar-refractivity contribution < 1.29 is 24.5 Å². The number of nitrogens with zero attached hydrogens (tertiary/aromatic N) is 2. The Hall–Kier alpha value is -3.16. The molecule has 0 aliphatic carbocycles. The normalized spacial score (nSPS) is 10.3. The zero-order chi connectivity index (χ0) is 18.4. The Kier molecular flexibility index (Phi) is 5.89. The van der Waals surface area contributed by atoms with Crippen molar-refractivity contribution in [3.8, 4) is 11.8 Å². The van der Waals surface area contributed by atoms with Gasteiger partial charge in [0.05, 0.1) is 7.11 Å². The smallest absolute Gasteiger partial charge is 0.325 e. The van der Waals surface area contributed by atoms with Crippen LogP contribution < -0.4 is 10.2 Å². The lowest BCUT2D eigenvalue weighted by atomic mass is 10.2. The van der Waals surface area contributed by atoms with Crippen LogP contribution in [0, 0.1) is 0 Å². The van der Waals surface area contributed by atoms with Crippen LogP contribution >= 0.6 is 0 Å². The molecule has 0 radical (unpaired) electrons. The number of hydrogen-bond acceptors (Lipinski definition) is 6. The van der Waals surface area contributed by atoms with Crippen LogP contribution in [0.15, 0.2) is 36.4 Å². The summed E-state index contributed by atoms with van der Waals surface area (Å²) < 4.78 is 6.05. The van der Waals surface area contributed by atoms with E-state index in [0.29, 0.717) is 17.9 Å². The lowest BCUT2D eigenvalue weighted by molar-refractivity contribution is -0.139. The van der Waals surface area contributed by atoms with Gasteiger partial charge in [0.15, 0.2) is 11.8 Å². The third kappa shape index (κ3) is 4.90. The first-order chi connectivity index (χ1) is 11.9. The number of ether oxygens (including phenoxy) is 1. The van der Waals surface area contributed by atoms with Crippen LogP contribution in [0.4, 0.5) is 11.4 Å². The van der Waals surface area contributed by atoms with E-state index in [1.165, 1.54) is 30.7 Å². The molecule has 1 aromatic carbocycles. The maximum absolute atomic E-state index is 11.7. The lowest BCUT2D eigenvalue weighted by Gasteiger charge is -2.24. The van der Waals surface area contributed by atoms with Gasteiger partial charge in [0.25, 0.3) is 0 Å².